The quantitative estimate of drug-likeness (QED) is 0.775. The lowest BCUT2D eigenvalue weighted by atomic mass is 9.94. The summed E-state index contributed by atoms with van der Waals surface area (Å²) in [6, 6.07) is 11.4. The molecule has 0 aliphatic heterocycles. The van der Waals surface area contributed by atoms with Crippen molar-refractivity contribution in [2.75, 3.05) is 11.9 Å². The number of rotatable bonds is 4. The number of imidazole rings is 1. The van der Waals surface area contributed by atoms with E-state index in [1.54, 1.807) is 32.4 Å². The van der Waals surface area contributed by atoms with E-state index >= 15 is 0 Å². The van der Waals surface area contributed by atoms with Crippen molar-refractivity contribution in [3.8, 4) is 5.82 Å². The van der Waals surface area contributed by atoms with E-state index in [4.69, 9.17) is 0 Å². The van der Waals surface area contributed by atoms with E-state index in [9.17, 15) is 9.90 Å². The molecule has 3 rings (SSSR count). The summed E-state index contributed by atoms with van der Waals surface area (Å²) in [7, 11) is 0. The van der Waals surface area contributed by atoms with E-state index in [1.165, 1.54) is 0 Å². The number of para-hydroxylation sites is 2. The number of hydrogen-bond acceptors (Lipinski definition) is 4. The number of aromatic nitrogens is 3. The lowest BCUT2D eigenvalue weighted by Gasteiger charge is -2.20. The van der Waals surface area contributed by atoms with Crippen LogP contribution in [0.1, 0.15) is 13.8 Å². The second-order valence-corrected chi connectivity index (χ2v) is 6.00. The predicted octanol–water partition coefficient (Wildman–Crippen LogP) is 2.38. The van der Waals surface area contributed by atoms with Crippen LogP contribution in [0, 0.1) is 5.41 Å². The predicted molar refractivity (Wildman–Crippen MR) is 88.4 cm³/mol. The average Bonchev–Trinajstić information content (AvgIpc) is 2.99. The van der Waals surface area contributed by atoms with E-state index in [0.717, 1.165) is 16.9 Å². The zero-order valence-corrected chi connectivity index (χ0v) is 13.0. The fourth-order valence-corrected chi connectivity index (χ4v) is 2.12. The number of benzene rings is 1. The largest absolute Gasteiger partial charge is 0.395 e. The molecular weight excluding hydrogens is 292 g/mol. The van der Waals surface area contributed by atoms with Gasteiger partial charge in [-0.25, -0.2) is 9.97 Å². The average molecular weight is 310 g/mol. The van der Waals surface area contributed by atoms with E-state index in [1.807, 2.05) is 34.9 Å². The molecule has 0 radical (unpaired) electrons. The Morgan fingerprint density at radius 3 is 2.70 bits per heavy atom. The van der Waals surface area contributed by atoms with Crippen LogP contribution in [0.5, 0.6) is 0 Å². The third-order valence-electron chi connectivity index (χ3n) is 3.72. The molecule has 0 bridgehead atoms. The molecule has 2 heterocycles. The molecule has 2 aromatic heterocycles. The molecule has 0 aliphatic rings. The Bertz CT molecular complexity index is 837. The van der Waals surface area contributed by atoms with Crippen LogP contribution in [0.15, 0.2) is 48.9 Å². The Morgan fingerprint density at radius 1 is 1.22 bits per heavy atom. The van der Waals surface area contributed by atoms with Gasteiger partial charge in [-0.1, -0.05) is 12.1 Å². The number of amides is 1. The first-order valence-corrected chi connectivity index (χ1v) is 7.32. The van der Waals surface area contributed by atoms with Gasteiger partial charge in [0.25, 0.3) is 0 Å². The van der Waals surface area contributed by atoms with Crippen LogP contribution in [0.3, 0.4) is 0 Å². The lowest BCUT2D eigenvalue weighted by molar-refractivity contribution is -0.125. The van der Waals surface area contributed by atoms with Crippen LogP contribution >= 0.6 is 0 Å². The van der Waals surface area contributed by atoms with E-state index in [0.29, 0.717) is 5.69 Å². The van der Waals surface area contributed by atoms with Crippen LogP contribution in [-0.2, 0) is 4.79 Å². The molecular formula is C17H18N4O2. The number of hydrogen-bond donors (Lipinski definition) is 2. The molecule has 6 heteroatoms. The van der Waals surface area contributed by atoms with Crippen LogP contribution in [0.2, 0.25) is 0 Å². The first kappa shape index (κ1) is 15.2. The second kappa shape index (κ2) is 5.81. The van der Waals surface area contributed by atoms with E-state index in [-0.39, 0.29) is 12.5 Å². The summed E-state index contributed by atoms with van der Waals surface area (Å²) in [6.07, 6.45) is 3.32. The van der Waals surface area contributed by atoms with Crippen LogP contribution in [0.25, 0.3) is 16.9 Å². The Kier molecular flexibility index (Phi) is 3.83. The lowest BCUT2D eigenvalue weighted by Crippen LogP contribution is -2.33. The summed E-state index contributed by atoms with van der Waals surface area (Å²) in [6.45, 7) is 3.15. The van der Waals surface area contributed by atoms with Crippen molar-refractivity contribution in [3.63, 3.8) is 0 Å². The van der Waals surface area contributed by atoms with Gasteiger partial charge in [-0.15, -0.1) is 0 Å². The minimum atomic E-state index is -0.834. The van der Waals surface area contributed by atoms with Crippen LogP contribution < -0.4 is 5.32 Å². The standard InChI is InChI=1S/C17H18N4O2/c1-17(2,10-22)16(23)20-12-7-8-15(18-9-12)21-11-19-13-5-3-4-6-14(13)21/h3-9,11,22H,10H2,1-2H3,(H,20,23). The third-order valence-corrected chi connectivity index (χ3v) is 3.72. The van der Waals surface area contributed by atoms with Gasteiger partial charge in [-0.3, -0.25) is 9.36 Å². The smallest absolute Gasteiger partial charge is 0.232 e. The molecule has 0 fully saturated rings. The molecule has 1 amide bonds. The van der Waals surface area contributed by atoms with Gasteiger partial charge >= 0.3 is 0 Å². The maximum Gasteiger partial charge on any atom is 0.232 e. The monoisotopic (exact) mass is 310 g/mol. The van der Waals surface area contributed by atoms with E-state index in [2.05, 4.69) is 15.3 Å². The summed E-state index contributed by atoms with van der Waals surface area (Å²) in [5.41, 5.74) is 1.62. The molecule has 2 N–H and O–H groups in total. The number of pyridine rings is 1. The zero-order chi connectivity index (χ0) is 16.4. The molecule has 0 saturated carbocycles. The van der Waals surface area contributed by atoms with Gasteiger partial charge in [0.05, 0.1) is 34.9 Å². The summed E-state index contributed by atoms with van der Waals surface area (Å²) in [4.78, 5) is 20.8. The summed E-state index contributed by atoms with van der Waals surface area (Å²) in [5, 5.41) is 12.0. The number of carbonyl (C=O) groups is 1. The minimum Gasteiger partial charge on any atom is -0.395 e. The molecule has 1 aromatic carbocycles. The van der Waals surface area contributed by atoms with Gasteiger partial charge < -0.3 is 10.4 Å². The summed E-state index contributed by atoms with van der Waals surface area (Å²) >= 11 is 0. The Hall–Kier alpha value is -2.73. The number of nitrogens with zero attached hydrogens (tertiary/aromatic N) is 3. The van der Waals surface area contributed by atoms with Crippen molar-refractivity contribution < 1.29 is 9.90 Å². The minimum absolute atomic E-state index is 0.217. The number of anilines is 1. The van der Waals surface area contributed by atoms with Crippen molar-refractivity contribution in [1.82, 2.24) is 14.5 Å². The van der Waals surface area contributed by atoms with Gasteiger partial charge in [0.1, 0.15) is 12.1 Å². The highest BCUT2D eigenvalue weighted by molar-refractivity contribution is 5.94. The van der Waals surface area contributed by atoms with Gasteiger partial charge in [-0.2, -0.15) is 0 Å². The van der Waals surface area contributed by atoms with Crippen LogP contribution in [0.4, 0.5) is 5.69 Å². The number of aliphatic hydroxyl groups is 1. The zero-order valence-electron chi connectivity index (χ0n) is 13.0. The highest BCUT2D eigenvalue weighted by atomic mass is 16.3. The van der Waals surface area contributed by atoms with Crippen LogP contribution in [-0.4, -0.2) is 32.2 Å². The number of fused-ring (bicyclic) bond motifs is 1. The van der Waals surface area contributed by atoms with E-state index < -0.39 is 5.41 Å². The fourth-order valence-electron chi connectivity index (χ4n) is 2.12. The molecule has 118 valence electrons. The summed E-state index contributed by atoms with van der Waals surface area (Å²) in [5.74, 6) is 0.473. The number of carbonyl (C=O) groups excluding carboxylic acids is 1. The Balaban J connectivity index is 1.84. The molecule has 3 aromatic rings. The maximum atomic E-state index is 12.0. The highest BCUT2D eigenvalue weighted by Gasteiger charge is 2.26. The van der Waals surface area contributed by atoms with Crippen molar-refractivity contribution in [2.24, 2.45) is 5.41 Å². The number of nitrogens with one attached hydrogen (secondary N) is 1. The van der Waals surface area contributed by atoms with Crippen molar-refractivity contribution >= 4 is 22.6 Å². The highest BCUT2D eigenvalue weighted by Crippen LogP contribution is 2.20. The van der Waals surface area contributed by atoms with Gasteiger partial charge in [-0.05, 0) is 38.1 Å². The number of aliphatic hydroxyl groups excluding tert-OH is 1. The topological polar surface area (TPSA) is 80.0 Å². The maximum absolute atomic E-state index is 12.0. The first-order valence-electron chi connectivity index (χ1n) is 7.32. The molecule has 23 heavy (non-hydrogen) atoms. The Morgan fingerprint density at radius 2 is 2.00 bits per heavy atom. The van der Waals surface area contributed by atoms with Gasteiger partial charge in [0.15, 0.2) is 0 Å². The summed E-state index contributed by atoms with van der Waals surface area (Å²) < 4.78 is 1.89. The van der Waals surface area contributed by atoms with Gasteiger partial charge in [0, 0.05) is 0 Å². The van der Waals surface area contributed by atoms with Crippen molar-refractivity contribution in [3.05, 3.63) is 48.9 Å². The van der Waals surface area contributed by atoms with Crippen molar-refractivity contribution in [2.45, 2.75) is 13.8 Å². The molecule has 0 atom stereocenters. The first-order chi connectivity index (χ1) is 11.0. The van der Waals surface area contributed by atoms with Crippen molar-refractivity contribution in [1.29, 1.82) is 0 Å². The molecule has 0 aliphatic carbocycles. The molecule has 0 spiro atoms. The normalized spacial score (nSPS) is 11.6. The Labute approximate surface area is 133 Å². The SMILES string of the molecule is CC(C)(CO)C(=O)Nc1ccc(-n2cnc3ccccc32)nc1. The third kappa shape index (κ3) is 2.93. The molecule has 6 nitrogen and oxygen atoms in total. The van der Waals surface area contributed by atoms with Gasteiger partial charge in [0.2, 0.25) is 5.91 Å². The molecule has 0 unspecified atom stereocenters. The fraction of sp³-hybridized carbons (Fsp3) is 0.235. The second-order valence-electron chi connectivity index (χ2n) is 6.00. The molecule has 0 saturated heterocycles.